The van der Waals surface area contributed by atoms with E-state index in [0.29, 0.717) is 12.6 Å². The van der Waals surface area contributed by atoms with Crippen molar-refractivity contribution in [2.24, 2.45) is 0 Å². The van der Waals surface area contributed by atoms with Crippen molar-refractivity contribution >= 4 is 10.9 Å². The summed E-state index contributed by atoms with van der Waals surface area (Å²) >= 11 is 0. The molecule has 1 saturated heterocycles. The number of H-pyrrole nitrogens is 1. The maximum Gasteiger partial charge on any atom is 0.0459 e. The van der Waals surface area contributed by atoms with E-state index in [1.165, 1.54) is 22.2 Å². The van der Waals surface area contributed by atoms with Crippen LogP contribution in [0.25, 0.3) is 10.9 Å². The summed E-state index contributed by atoms with van der Waals surface area (Å²) in [5.41, 5.74) is 4.21. The second kappa shape index (κ2) is 5.44. The summed E-state index contributed by atoms with van der Waals surface area (Å²) in [7, 11) is 0. The minimum Gasteiger partial charge on any atom is -0.396 e. The molecule has 4 nitrogen and oxygen atoms in total. The van der Waals surface area contributed by atoms with E-state index in [-0.39, 0.29) is 0 Å². The van der Waals surface area contributed by atoms with Gasteiger partial charge in [0.05, 0.1) is 0 Å². The van der Waals surface area contributed by atoms with E-state index in [0.717, 1.165) is 45.6 Å². The minimum atomic E-state index is 0.303. The molecule has 4 heteroatoms. The Labute approximate surface area is 125 Å². The van der Waals surface area contributed by atoms with E-state index >= 15 is 0 Å². The first-order valence-corrected chi connectivity index (χ1v) is 8.01. The smallest absolute Gasteiger partial charge is 0.0459 e. The number of aliphatic hydroxyl groups excluding tert-OH is 1. The van der Waals surface area contributed by atoms with Crippen LogP contribution in [0.4, 0.5) is 0 Å². The zero-order chi connectivity index (χ0) is 14.2. The highest BCUT2D eigenvalue weighted by molar-refractivity contribution is 5.84. The third-order valence-corrected chi connectivity index (χ3v) is 5.02. The molecule has 21 heavy (non-hydrogen) atoms. The summed E-state index contributed by atoms with van der Waals surface area (Å²) in [6.45, 7) is 5.80. The molecule has 112 valence electrons. The molecule has 0 bridgehead atoms. The van der Waals surface area contributed by atoms with E-state index < -0.39 is 0 Å². The van der Waals surface area contributed by atoms with Crippen LogP contribution in [0.2, 0.25) is 0 Å². The number of hydrogen-bond donors (Lipinski definition) is 2. The molecule has 1 aromatic carbocycles. The van der Waals surface area contributed by atoms with Gasteiger partial charge in [-0.2, -0.15) is 0 Å². The molecular weight excluding hydrogens is 262 g/mol. The van der Waals surface area contributed by atoms with Gasteiger partial charge in [-0.3, -0.25) is 4.90 Å². The van der Waals surface area contributed by atoms with Crippen LogP contribution in [0.1, 0.15) is 17.7 Å². The topological polar surface area (TPSA) is 42.5 Å². The van der Waals surface area contributed by atoms with Crippen LogP contribution in [-0.4, -0.2) is 58.7 Å². The van der Waals surface area contributed by atoms with Crippen molar-refractivity contribution in [2.45, 2.75) is 25.4 Å². The van der Waals surface area contributed by atoms with E-state index in [9.17, 15) is 0 Å². The lowest BCUT2D eigenvalue weighted by molar-refractivity contribution is 0.0568. The third-order valence-electron chi connectivity index (χ3n) is 5.02. The highest BCUT2D eigenvalue weighted by atomic mass is 16.3. The lowest BCUT2D eigenvalue weighted by Gasteiger charge is -2.44. The lowest BCUT2D eigenvalue weighted by atomic mass is 9.95. The Morgan fingerprint density at radius 1 is 1.24 bits per heavy atom. The number of benzene rings is 1. The number of fused-ring (bicyclic) bond motifs is 4. The zero-order valence-corrected chi connectivity index (χ0v) is 12.4. The summed E-state index contributed by atoms with van der Waals surface area (Å²) in [4.78, 5) is 8.74. The molecular formula is C17H23N3O. The van der Waals surface area contributed by atoms with E-state index in [1.54, 1.807) is 0 Å². The van der Waals surface area contributed by atoms with E-state index in [2.05, 4.69) is 39.0 Å². The Kier molecular flexibility index (Phi) is 3.45. The Balaban J connectivity index is 1.57. The number of nitrogens with one attached hydrogen (secondary N) is 1. The molecule has 0 amide bonds. The van der Waals surface area contributed by atoms with E-state index in [1.807, 2.05) is 0 Å². The number of aliphatic hydroxyl groups is 1. The van der Waals surface area contributed by atoms with Gasteiger partial charge in [0, 0.05) is 62.0 Å². The molecule has 2 aliphatic rings. The number of para-hydroxylation sites is 1. The second-order valence-corrected chi connectivity index (χ2v) is 6.33. The first-order chi connectivity index (χ1) is 10.3. The zero-order valence-electron chi connectivity index (χ0n) is 12.4. The number of rotatable bonds is 3. The average molecular weight is 285 g/mol. The van der Waals surface area contributed by atoms with Crippen molar-refractivity contribution in [2.75, 3.05) is 32.8 Å². The highest BCUT2D eigenvalue weighted by Crippen LogP contribution is 2.31. The minimum absolute atomic E-state index is 0.303. The summed E-state index contributed by atoms with van der Waals surface area (Å²) in [6, 6.07) is 9.29. The standard InChI is InChI=1S/C17H23N3O/c21-9-3-6-19-7-8-20-12-17-15(10-13(20)11-19)14-4-1-2-5-16(14)18-17/h1-2,4-5,13,18,21H,3,6-12H2/t13-/m0/s1. The normalized spacial score (nSPS) is 23.2. The SMILES string of the molecule is OCCCN1CCN2Cc3[nH]c4ccccc4c3C[C@H]2C1. The fourth-order valence-electron chi connectivity index (χ4n) is 3.92. The molecule has 1 atom stereocenters. The van der Waals surface area contributed by atoms with Crippen LogP contribution in [0.15, 0.2) is 24.3 Å². The summed E-state index contributed by atoms with van der Waals surface area (Å²) in [6.07, 6.45) is 2.04. The first-order valence-electron chi connectivity index (χ1n) is 8.01. The number of aromatic amines is 1. The molecule has 3 heterocycles. The molecule has 0 aliphatic carbocycles. The molecule has 4 rings (SSSR count). The largest absolute Gasteiger partial charge is 0.396 e. The number of hydrogen-bond acceptors (Lipinski definition) is 3. The van der Waals surface area contributed by atoms with Crippen molar-refractivity contribution in [1.82, 2.24) is 14.8 Å². The fraction of sp³-hybridized carbons (Fsp3) is 0.529. The molecule has 2 aliphatic heterocycles. The Morgan fingerprint density at radius 3 is 3.05 bits per heavy atom. The quantitative estimate of drug-likeness (QED) is 0.900. The maximum absolute atomic E-state index is 9.01. The maximum atomic E-state index is 9.01. The number of nitrogens with zero attached hydrogens (tertiary/aromatic N) is 2. The van der Waals surface area contributed by atoms with Gasteiger partial charge in [0.25, 0.3) is 0 Å². The van der Waals surface area contributed by atoms with Crippen molar-refractivity contribution in [3.05, 3.63) is 35.5 Å². The second-order valence-electron chi connectivity index (χ2n) is 6.33. The predicted octanol–water partition coefficient (Wildman–Crippen LogP) is 1.59. The van der Waals surface area contributed by atoms with Gasteiger partial charge in [-0.1, -0.05) is 18.2 Å². The Hall–Kier alpha value is -1.36. The average Bonchev–Trinajstić information content (AvgIpc) is 2.88. The lowest BCUT2D eigenvalue weighted by Crippen LogP contribution is -2.55. The van der Waals surface area contributed by atoms with Crippen LogP contribution in [0.3, 0.4) is 0 Å². The van der Waals surface area contributed by atoms with Gasteiger partial charge in [0.15, 0.2) is 0 Å². The van der Waals surface area contributed by atoms with Crippen LogP contribution in [-0.2, 0) is 13.0 Å². The first kappa shape index (κ1) is 13.3. The molecule has 0 radical (unpaired) electrons. The van der Waals surface area contributed by atoms with Gasteiger partial charge in [0.1, 0.15) is 0 Å². The fourth-order valence-corrected chi connectivity index (χ4v) is 3.92. The van der Waals surface area contributed by atoms with Crippen molar-refractivity contribution in [1.29, 1.82) is 0 Å². The molecule has 1 fully saturated rings. The number of piperazine rings is 1. The molecule has 0 spiro atoms. The van der Waals surface area contributed by atoms with Gasteiger partial charge in [-0.15, -0.1) is 0 Å². The monoisotopic (exact) mass is 285 g/mol. The molecule has 0 saturated carbocycles. The molecule has 2 aromatic rings. The Morgan fingerprint density at radius 2 is 2.14 bits per heavy atom. The number of aromatic nitrogens is 1. The van der Waals surface area contributed by atoms with E-state index in [4.69, 9.17) is 5.11 Å². The van der Waals surface area contributed by atoms with Crippen LogP contribution in [0, 0.1) is 0 Å². The third kappa shape index (κ3) is 2.37. The Bertz CT molecular complexity index is 636. The van der Waals surface area contributed by atoms with Gasteiger partial charge >= 0.3 is 0 Å². The van der Waals surface area contributed by atoms with Gasteiger partial charge < -0.3 is 15.0 Å². The van der Waals surface area contributed by atoms with Crippen LogP contribution < -0.4 is 0 Å². The van der Waals surface area contributed by atoms with Gasteiger partial charge in [0.2, 0.25) is 0 Å². The van der Waals surface area contributed by atoms with Gasteiger partial charge in [-0.05, 0) is 24.5 Å². The summed E-state index contributed by atoms with van der Waals surface area (Å²) < 4.78 is 0. The highest BCUT2D eigenvalue weighted by Gasteiger charge is 2.32. The molecule has 1 aromatic heterocycles. The van der Waals surface area contributed by atoms with Gasteiger partial charge in [-0.25, -0.2) is 0 Å². The summed E-state index contributed by atoms with van der Waals surface area (Å²) in [5.74, 6) is 0. The molecule has 0 unspecified atom stereocenters. The van der Waals surface area contributed by atoms with Crippen LogP contribution >= 0.6 is 0 Å². The van der Waals surface area contributed by atoms with Crippen LogP contribution in [0.5, 0.6) is 0 Å². The van der Waals surface area contributed by atoms with Crippen molar-refractivity contribution in [3.8, 4) is 0 Å². The molecule has 2 N–H and O–H groups in total. The summed E-state index contributed by atoms with van der Waals surface area (Å²) in [5, 5.41) is 10.4. The van der Waals surface area contributed by atoms with Crippen molar-refractivity contribution < 1.29 is 5.11 Å². The van der Waals surface area contributed by atoms with Crippen molar-refractivity contribution in [3.63, 3.8) is 0 Å². The predicted molar refractivity (Wildman–Crippen MR) is 84.3 cm³/mol.